The van der Waals surface area contributed by atoms with E-state index in [1.165, 1.54) is 0 Å². The van der Waals surface area contributed by atoms with E-state index in [1.807, 2.05) is 35.2 Å². The molecule has 1 aromatic rings. The highest BCUT2D eigenvalue weighted by atomic mass is 16.2. The zero-order valence-electron chi connectivity index (χ0n) is 11.7. The molecule has 0 radical (unpaired) electrons. The van der Waals surface area contributed by atoms with Gasteiger partial charge in [0.15, 0.2) is 0 Å². The second-order valence-corrected chi connectivity index (χ2v) is 5.05. The van der Waals surface area contributed by atoms with Crippen LogP contribution in [0.15, 0.2) is 30.3 Å². The number of benzene rings is 1. The molecule has 1 aliphatic heterocycles. The van der Waals surface area contributed by atoms with E-state index in [0.29, 0.717) is 19.6 Å². The van der Waals surface area contributed by atoms with Crippen LogP contribution in [0, 0.1) is 11.3 Å². The summed E-state index contributed by atoms with van der Waals surface area (Å²) in [6.07, 6.45) is 0. The average molecular weight is 272 g/mol. The fourth-order valence-electron chi connectivity index (χ4n) is 2.30. The van der Waals surface area contributed by atoms with Crippen molar-refractivity contribution in [1.29, 1.82) is 5.26 Å². The maximum absolute atomic E-state index is 12.2. The molecule has 1 fully saturated rings. The topological polar surface area (TPSA) is 59.4 Å². The summed E-state index contributed by atoms with van der Waals surface area (Å²) in [5.74, 6) is 0.0519. The van der Waals surface area contributed by atoms with Crippen LogP contribution in [0.5, 0.6) is 0 Å². The van der Waals surface area contributed by atoms with E-state index < -0.39 is 0 Å². The second kappa shape index (κ2) is 7.04. The van der Waals surface area contributed by atoms with Gasteiger partial charge in [-0.2, -0.15) is 5.26 Å². The van der Waals surface area contributed by atoms with Crippen molar-refractivity contribution >= 4 is 5.91 Å². The van der Waals surface area contributed by atoms with Crippen molar-refractivity contribution in [2.75, 3.05) is 33.2 Å². The maximum atomic E-state index is 12.2. The summed E-state index contributed by atoms with van der Waals surface area (Å²) < 4.78 is 0. The van der Waals surface area contributed by atoms with Gasteiger partial charge in [0.05, 0.1) is 12.6 Å². The highest BCUT2D eigenvalue weighted by Gasteiger charge is 2.24. The number of likely N-dealkylation sites (N-methyl/N-ethyl adjacent to an activating group) is 1. The van der Waals surface area contributed by atoms with Gasteiger partial charge in [0.2, 0.25) is 5.91 Å². The molecule has 2 rings (SSSR count). The van der Waals surface area contributed by atoms with E-state index in [4.69, 9.17) is 5.26 Å². The molecule has 1 atom stereocenters. The van der Waals surface area contributed by atoms with Crippen LogP contribution in [0.25, 0.3) is 0 Å². The third kappa shape index (κ3) is 3.80. The molecule has 0 aromatic heterocycles. The van der Waals surface area contributed by atoms with Gasteiger partial charge in [0, 0.05) is 33.2 Å². The van der Waals surface area contributed by atoms with Crippen molar-refractivity contribution < 1.29 is 4.79 Å². The summed E-state index contributed by atoms with van der Waals surface area (Å²) >= 11 is 0. The molecule has 1 unspecified atom stereocenters. The Bertz CT molecular complexity index is 482. The Morgan fingerprint density at radius 2 is 2.25 bits per heavy atom. The quantitative estimate of drug-likeness (QED) is 0.864. The first-order valence-electron chi connectivity index (χ1n) is 6.83. The second-order valence-electron chi connectivity index (χ2n) is 5.05. The molecule has 1 aromatic carbocycles. The van der Waals surface area contributed by atoms with Gasteiger partial charge in [-0.05, 0) is 5.56 Å². The Labute approximate surface area is 119 Å². The number of carbonyl (C=O) groups is 1. The Balaban J connectivity index is 1.89. The van der Waals surface area contributed by atoms with Crippen LogP contribution in [0.2, 0.25) is 0 Å². The number of amides is 1. The number of nitrogens with one attached hydrogen (secondary N) is 1. The van der Waals surface area contributed by atoms with E-state index in [0.717, 1.165) is 18.7 Å². The third-order valence-corrected chi connectivity index (χ3v) is 3.53. The lowest BCUT2D eigenvalue weighted by Gasteiger charge is -2.32. The average Bonchev–Trinajstić information content (AvgIpc) is 2.48. The van der Waals surface area contributed by atoms with Crippen LogP contribution in [-0.4, -0.2) is 55.0 Å². The summed E-state index contributed by atoms with van der Waals surface area (Å²) in [6, 6.07) is 11.9. The number of nitriles is 1. The molecule has 5 heteroatoms. The van der Waals surface area contributed by atoms with E-state index >= 15 is 0 Å². The molecule has 1 N–H and O–H groups in total. The zero-order valence-corrected chi connectivity index (χ0v) is 11.7. The SMILES string of the molecule is CN(Cc1ccccc1)C(=O)CN1CCNCC1C#N. The predicted octanol–water partition coefficient (Wildman–Crippen LogP) is 0.442. The van der Waals surface area contributed by atoms with Gasteiger partial charge in [-0.15, -0.1) is 0 Å². The normalized spacial score (nSPS) is 19.3. The Morgan fingerprint density at radius 1 is 1.50 bits per heavy atom. The first kappa shape index (κ1) is 14.5. The summed E-state index contributed by atoms with van der Waals surface area (Å²) in [5.41, 5.74) is 1.11. The summed E-state index contributed by atoms with van der Waals surface area (Å²) in [5, 5.41) is 12.3. The molecule has 1 saturated heterocycles. The van der Waals surface area contributed by atoms with Gasteiger partial charge < -0.3 is 10.2 Å². The number of rotatable bonds is 4. The minimum Gasteiger partial charge on any atom is -0.340 e. The van der Waals surface area contributed by atoms with E-state index in [2.05, 4.69) is 11.4 Å². The lowest BCUT2D eigenvalue weighted by molar-refractivity contribution is -0.132. The summed E-state index contributed by atoms with van der Waals surface area (Å²) in [4.78, 5) is 15.9. The van der Waals surface area contributed by atoms with Gasteiger partial charge in [0.25, 0.3) is 0 Å². The van der Waals surface area contributed by atoms with E-state index in [1.54, 1.807) is 11.9 Å². The first-order chi connectivity index (χ1) is 9.70. The molecule has 1 aliphatic rings. The van der Waals surface area contributed by atoms with Crippen molar-refractivity contribution in [3.05, 3.63) is 35.9 Å². The molecular weight excluding hydrogens is 252 g/mol. The van der Waals surface area contributed by atoms with Crippen LogP contribution in [0.3, 0.4) is 0 Å². The molecular formula is C15H20N4O. The molecule has 1 amide bonds. The number of hydrogen-bond donors (Lipinski definition) is 1. The molecule has 0 spiro atoms. The van der Waals surface area contributed by atoms with Crippen molar-refractivity contribution in [1.82, 2.24) is 15.1 Å². The van der Waals surface area contributed by atoms with Crippen LogP contribution in [0.1, 0.15) is 5.56 Å². The van der Waals surface area contributed by atoms with E-state index in [9.17, 15) is 4.79 Å². The molecule has 5 nitrogen and oxygen atoms in total. The van der Waals surface area contributed by atoms with Crippen molar-refractivity contribution in [2.45, 2.75) is 12.6 Å². The standard InChI is InChI=1S/C15H20N4O/c1-18(11-13-5-3-2-4-6-13)15(20)12-19-8-7-17-10-14(19)9-16/h2-6,14,17H,7-8,10-12H2,1H3. The van der Waals surface area contributed by atoms with Gasteiger partial charge >= 0.3 is 0 Å². The molecule has 0 saturated carbocycles. The molecule has 106 valence electrons. The van der Waals surface area contributed by atoms with Gasteiger partial charge in [-0.1, -0.05) is 30.3 Å². The zero-order chi connectivity index (χ0) is 14.4. The summed E-state index contributed by atoms with van der Waals surface area (Å²) in [7, 11) is 1.80. The Morgan fingerprint density at radius 3 is 2.95 bits per heavy atom. The van der Waals surface area contributed by atoms with Gasteiger partial charge in [-0.25, -0.2) is 0 Å². The largest absolute Gasteiger partial charge is 0.340 e. The van der Waals surface area contributed by atoms with Crippen LogP contribution in [0.4, 0.5) is 0 Å². The van der Waals surface area contributed by atoms with Crippen molar-refractivity contribution in [3.8, 4) is 6.07 Å². The fraction of sp³-hybridized carbons (Fsp3) is 0.467. The maximum Gasteiger partial charge on any atom is 0.236 e. The van der Waals surface area contributed by atoms with Crippen LogP contribution < -0.4 is 5.32 Å². The highest BCUT2D eigenvalue weighted by Crippen LogP contribution is 2.06. The van der Waals surface area contributed by atoms with Crippen LogP contribution in [-0.2, 0) is 11.3 Å². The highest BCUT2D eigenvalue weighted by molar-refractivity contribution is 5.78. The monoisotopic (exact) mass is 272 g/mol. The molecule has 0 bridgehead atoms. The van der Waals surface area contributed by atoms with Crippen molar-refractivity contribution in [3.63, 3.8) is 0 Å². The lowest BCUT2D eigenvalue weighted by Crippen LogP contribution is -2.53. The van der Waals surface area contributed by atoms with Gasteiger partial charge in [-0.3, -0.25) is 9.69 Å². The number of piperazine rings is 1. The van der Waals surface area contributed by atoms with Crippen molar-refractivity contribution in [2.24, 2.45) is 0 Å². The van der Waals surface area contributed by atoms with Crippen LogP contribution >= 0.6 is 0 Å². The summed E-state index contributed by atoms with van der Waals surface area (Å²) in [6.45, 7) is 3.11. The lowest BCUT2D eigenvalue weighted by atomic mass is 10.2. The van der Waals surface area contributed by atoms with E-state index in [-0.39, 0.29) is 11.9 Å². The fourth-order valence-corrected chi connectivity index (χ4v) is 2.30. The number of carbonyl (C=O) groups excluding carboxylic acids is 1. The molecule has 0 aliphatic carbocycles. The predicted molar refractivity (Wildman–Crippen MR) is 76.8 cm³/mol. The number of hydrogen-bond acceptors (Lipinski definition) is 4. The Kier molecular flexibility index (Phi) is 5.10. The van der Waals surface area contributed by atoms with Gasteiger partial charge in [0.1, 0.15) is 6.04 Å². The minimum atomic E-state index is -0.210. The Hall–Kier alpha value is -1.90. The molecule has 1 heterocycles. The minimum absolute atomic E-state index is 0.0519. The molecule has 20 heavy (non-hydrogen) atoms. The first-order valence-corrected chi connectivity index (χ1v) is 6.83. The smallest absolute Gasteiger partial charge is 0.236 e. The number of nitrogens with zero attached hydrogens (tertiary/aromatic N) is 3. The third-order valence-electron chi connectivity index (χ3n) is 3.53.